The van der Waals surface area contributed by atoms with E-state index >= 15 is 0 Å². The second kappa shape index (κ2) is 8.90. The van der Waals surface area contributed by atoms with Gasteiger partial charge in [-0.1, -0.05) is 25.6 Å². The number of aryl methyl sites for hydroxylation is 1. The maximum atomic E-state index is 12.5. The van der Waals surface area contributed by atoms with Crippen LogP contribution in [0, 0.1) is 6.92 Å². The number of rotatable bonds is 9. The van der Waals surface area contributed by atoms with Crippen LogP contribution in [-0.4, -0.2) is 44.9 Å². The summed E-state index contributed by atoms with van der Waals surface area (Å²) in [7, 11) is 0. The van der Waals surface area contributed by atoms with E-state index in [1.54, 1.807) is 6.92 Å². The first-order valence-electron chi connectivity index (χ1n) is 9.72. The molecule has 1 aliphatic rings. The molecule has 0 aromatic carbocycles. The third-order valence-corrected chi connectivity index (χ3v) is 5.46. The van der Waals surface area contributed by atoms with Crippen LogP contribution in [0.15, 0.2) is 9.57 Å². The number of nitrogens with one attached hydrogen (secondary N) is 1. The Morgan fingerprint density at radius 2 is 2.00 bits per heavy atom. The molecule has 10 nitrogen and oxygen atoms in total. The van der Waals surface area contributed by atoms with Gasteiger partial charge in [-0.2, -0.15) is 0 Å². The highest BCUT2D eigenvalue weighted by molar-refractivity contribution is 7.99. The van der Waals surface area contributed by atoms with Gasteiger partial charge < -0.3 is 19.5 Å². The van der Waals surface area contributed by atoms with Gasteiger partial charge in [0.25, 0.3) is 5.91 Å². The molecule has 1 saturated carbocycles. The minimum absolute atomic E-state index is 0.0235. The highest BCUT2D eigenvalue weighted by Crippen LogP contribution is 2.40. The average molecular weight is 436 g/mol. The van der Waals surface area contributed by atoms with Gasteiger partial charge in [0.1, 0.15) is 22.7 Å². The molecule has 3 N–H and O–H groups in total. The molecule has 2 aromatic rings. The summed E-state index contributed by atoms with van der Waals surface area (Å²) in [6, 6.07) is 0.379. The number of anilines is 1. The molecule has 1 fully saturated rings. The SMILES string of the molecule is CCOC(=O)c1c(C)oc(NC(=O)CSc2nnc(C(C)C)n2C2CC2)c1C(N)=O. The molecule has 2 aromatic heterocycles. The number of hydrogen-bond donors (Lipinski definition) is 2. The zero-order valence-corrected chi connectivity index (χ0v) is 18.2. The van der Waals surface area contributed by atoms with Gasteiger partial charge in [0.15, 0.2) is 5.16 Å². The summed E-state index contributed by atoms with van der Waals surface area (Å²) < 4.78 is 12.5. The van der Waals surface area contributed by atoms with Crippen molar-refractivity contribution >= 4 is 35.4 Å². The van der Waals surface area contributed by atoms with Crippen LogP contribution in [0.3, 0.4) is 0 Å². The Balaban J connectivity index is 1.74. The van der Waals surface area contributed by atoms with Gasteiger partial charge >= 0.3 is 5.97 Å². The largest absolute Gasteiger partial charge is 0.462 e. The second-order valence-corrected chi connectivity index (χ2v) is 8.20. The summed E-state index contributed by atoms with van der Waals surface area (Å²) >= 11 is 1.25. The number of nitrogens with two attached hydrogens (primary N) is 1. The van der Waals surface area contributed by atoms with Crippen molar-refractivity contribution in [1.82, 2.24) is 14.8 Å². The lowest BCUT2D eigenvalue weighted by molar-refractivity contribution is -0.113. The molecule has 11 heteroatoms. The topological polar surface area (TPSA) is 142 Å². The number of carbonyl (C=O) groups is 3. The van der Waals surface area contributed by atoms with Crippen LogP contribution in [0.25, 0.3) is 0 Å². The lowest BCUT2D eigenvalue weighted by atomic mass is 10.1. The predicted octanol–water partition coefficient (Wildman–Crippen LogP) is 2.64. The van der Waals surface area contributed by atoms with Gasteiger partial charge in [-0.15, -0.1) is 10.2 Å². The average Bonchev–Trinajstić information content (AvgIpc) is 3.32. The van der Waals surface area contributed by atoms with Crippen molar-refractivity contribution in [3.8, 4) is 0 Å². The van der Waals surface area contributed by atoms with Crippen LogP contribution in [-0.2, 0) is 9.53 Å². The number of thioether (sulfide) groups is 1. The van der Waals surface area contributed by atoms with Gasteiger partial charge in [0.2, 0.25) is 11.8 Å². The van der Waals surface area contributed by atoms with Crippen molar-refractivity contribution in [2.45, 2.75) is 57.7 Å². The second-order valence-electron chi connectivity index (χ2n) is 7.26. The molecular formula is C19H25N5O5S. The van der Waals surface area contributed by atoms with Crippen molar-refractivity contribution in [3.63, 3.8) is 0 Å². The van der Waals surface area contributed by atoms with Crippen LogP contribution < -0.4 is 11.1 Å². The predicted molar refractivity (Wildman–Crippen MR) is 110 cm³/mol. The van der Waals surface area contributed by atoms with Crippen LogP contribution in [0.5, 0.6) is 0 Å². The first-order chi connectivity index (χ1) is 14.2. The first-order valence-corrected chi connectivity index (χ1v) is 10.7. The van der Waals surface area contributed by atoms with Crippen molar-refractivity contribution in [2.75, 3.05) is 17.7 Å². The van der Waals surface area contributed by atoms with Gasteiger partial charge in [0, 0.05) is 12.0 Å². The van der Waals surface area contributed by atoms with E-state index in [-0.39, 0.29) is 41.0 Å². The molecule has 0 atom stereocenters. The van der Waals surface area contributed by atoms with Gasteiger partial charge in [-0.3, -0.25) is 14.9 Å². The maximum absolute atomic E-state index is 12.5. The number of aromatic nitrogens is 3. The molecule has 2 heterocycles. The molecule has 0 radical (unpaired) electrons. The molecule has 30 heavy (non-hydrogen) atoms. The Morgan fingerprint density at radius 1 is 1.30 bits per heavy atom. The van der Waals surface area contributed by atoms with Gasteiger partial charge in [-0.25, -0.2) is 4.79 Å². The minimum atomic E-state index is -0.895. The summed E-state index contributed by atoms with van der Waals surface area (Å²) in [6.45, 7) is 7.36. The number of ether oxygens (including phenoxy) is 1. The first kappa shape index (κ1) is 21.9. The van der Waals surface area contributed by atoms with Crippen LogP contribution >= 0.6 is 11.8 Å². The van der Waals surface area contributed by atoms with E-state index < -0.39 is 17.8 Å². The Bertz CT molecular complexity index is 976. The molecule has 0 unspecified atom stereocenters. The lowest BCUT2D eigenvalue weighted by Gasteiger charge is -2.10. The summed E-state index contributed by atoms with van der Waals surface area (Å²) in [5.41, 5.74) is 5.13. The van der Waals surface area contributed by atoms with Crippen molar-refractivity contribution in [3.05, 3.63) is 22.7 Å². The fraction of sp³-hybridized carbons (Fsp3) is 0.526. The third-order valence-electron chi connectivity index (χ3n) is 4.51. The zero-order valence-electron chi connectivity index (χ0n) is 17.4. The molecule has 3 rings (SSSR count). The monoisotopic (exact) mass is 435 g/mol. The smallest absolute Gasteiger partial charge is 0.342 e. The fourth-order valence-electron chi connectivity index (χ4n) is 3.07. The lowest BCUT2D eigenvalue weighted by Crippen LogP contribution is -2.21. The Hall–Kier alpha value is -2.82. The highest BCUT2D eigenvalue weighted by Gasteiger charge is 2.31. The number of esters is 1. The number of furan rings is 1. The fourth-order valence-corrected chi connectivity index (χ4v) is 3.88. The summed E-state index contributed by atoms with van der Waals surface area (Å²) in [5, 5.41) is 11.7. The van der Waals surface area contributed by atoms with E-state index in [4.69, 9.17) is 14.9 Å². The highest BCUT2D eigenvalue weighted by atomic mass is 32.2. The van der Waals surface area contributed by atoms with E-state index in [1.807, 2.05) is 0 Å². The standard InChI is InChI=1S/C19H25N5O5S/c1-5-28-18(27)13-10(4)29-17(14(13)15(20)26)21-12(25)8-30-19-23-22-16(9(2)3)24(19)11-6-7-11/h9,11H,5-8H2,1-4H3,(H2,20,26)(H,21,25). The molecule has 0 bridgehead atoms. The molecule has 2 amide bonds. The maximum Gasteiger partial charge on any atom is 0.342 e. The van der Waals surface area contributed by atoms with Crippen molar-refractivity contribution in [1.29, 1.82) is 0 Å². The van der Waals surface area contributed by atoms with Crippen molar-refractivity contribution < 1.29 is 23.5 Å². The molecule has 1 aliphatic carbocycles. The van der Waals surface area contributed by atoms with E-state index in [0.29, 0.717) is 11.2 Å². The van der Waals surface area contributed by atoms with E-state index in [9.17, 15) is 14.4 Å². The van der Waals surface area contributed by atoms with Crippen LogP contribution in [0.1, 0.15) is 77.9 Å². The molecule has 162 valence electrons. The van der Waals surface area contributed by atoms with E-state index in [2.05, 4.69) is 33.9 Å². The summed E-state index contributed by atoms with van der Waals surface area (Å²) in [5.74, 6) is -0.933. The molecular weight excluding hydrogens is 410 g/mol. The zero-order chi connectivity index (χ0) is 22.0. The molecule has 0 saturated heterocycles. The summed E-state index contributed by atoms with van der Waals surface area (Å²) in [6.07, 6.45) is 2.14. The van der Waals surface area contributed by atoms with Crippen molar-refractivity contribution in [2.24, 2.45) is 5.73 Å². The number of carbonyl (C=O) groups excluding carboxylic acids is 3. The third kappa shape index (κ3) is 4.50. The number of hydrogen-bond acceptors (Lipinski definition) is 8. The Morgan fingerprint density at radius 3 is 2.57 bits per heavy atom. The minimum Gasteiger partial charge on any atom is -0.462 e. The van der Waals surface area contributed by atoms with Crippen LogP contribution in [0.2, 0.25) is 0 Å². The van der Waals surface area contributed by atoms with Gasteiger partial charge in [-0.05, 0) is 26.7 Å². The van der Waals surface area contributed by atoms with Crippen LogP contribution in [0.4, 0.5) is 5.88 Å². The Kier molecular flexibility index (Phi) is 6.49. The van der Waals surface area contributed by atoms with Gasteiger partial charge in [0.05, 0.1) is 12.4 Å². The molecule has 0 spiro atoms. The Labute approximate surface area is 177 Å². The van der Waals surface area contributed by atoms with E-state index in [0.717, 1.165) is 18.7 Å². The number of amides is 2. The normalized spacial score (nSPS) is 13.5. The number of primary amides is 1. The van der Waals surface area contributed by atoms with E-state index in [1.165, 1.54) is 18.7 Å². The number of nitrogens with zero attached hydrogens (tertiary/aromatic N) is 3. The molecule has 0 aliphatic heterocycles. The quantitative estimate of drug-likeness (QED) is 0.452. The summed E-state index contributed by atoms with van der Waals surface area (Å²) in [4.78, 5) is 36.5.